The molecule has 0 aromatic heterocycles. The lowest BCUT2D eigenvalue weighted by Gasteiger charge is -2.30. The Bertz CT molecular complexity index is 1430. The van der Waals surface area contributed by atoms with Crippen LogP contribution in [0.4, 0.5) is 0 Å². The molecular weight excluding hydrogens is 721 g/mol. The molecule has 272 valence electrons. The number of hydrogen-bond donors (Lipinski definition) is 1. The number of nitrogens with zero attached hydrogens (tertiary/aromatic N) is 1. The normalized spacial score (nSPS) is 15.4. The van der Waals surface area contributed by atoms with Crippen molar-refractivity contribution in [2.75, 3.05) is 73.9 Å². The number of phosphoric ester groups is 1. The summed E-state index contributed by atoms with van der Waals surface area (Å²) in [4.78, 5) is 47.7. The van der Waals surface area contributed by atoms with Gasteiger partial charge >= 0.3 is 25.7 Å². The summed E-state index contributed by atoms with van der Waals surface area (Å²) in [5.41, 5.74) is 3.61. The number of quaternary nitrogens is 1. The van der Waals surface area contributed by atoms with E-state index >= 15 is 0 Å². The number of carbonyl (C=O) groups is 3. The minimum Gasteiger partial charge on any atom is -0.465 e. The lowest BCUT2D eigenvalue weighted by molar-refractivity contribution is -0.870. The number of rotatable bonds is 21. The number of likely N-dealkylation sites (N-methyl/N-ethyl adjacent to an activating group) is 1. The number of benzene rings is 2. The molecule has 0 heterocycles. The van der Waals surface area contributed by atoms with Gasteiger partial charge in [-0.2, -0.15) is 0 Å². The Morgan fingerprint density at radius 2 is 1.35 bits per heavy atom. The van der Waals surface area contributed by atoms with Crippen LogP contribution in [0.3, 0.4) is 0 Å². The fourth-order valence-corrected chi connectivity index (χ4v) is 6.88. The van der Waals surface area contributed by atoms with Gasteiger partial charge in [-0.15, -0.1) is 0 Å². The van der Waals surface area contributed by atoms with E-state index in [2.05, 4.69) is 40.2 Å². The molecule has 0 spiro atoms. The fourth-order valence-electron chi connectivity index (χ4n) is 5.38. The van der Waals surface area contributed by atoms with E-state index in [1.165, 1.54) is 11.1 Å². The zero-order valence-electron chi connectivity index (χ0n) is 29.3. The molecule has 49 heavy (non-hydrogen) atoms. The Morgan fingerprint density at radius 1 is 0.796 bits per heavy atom. The molecule has 12 nitrogen and oxygen atoms in total. The first-order valence-electron chi connectivity index (χ1n) is 16.3. The van der Waals surface area contributed by atoms with Crippen molar-refractivity contribution in [3.8, 4) is 11.1 Å². The number of halogens is 1. The van der Waals surface area contributed by atoms with E-state index in [4.69, 9.17) is 28.0 Å². The molecular formula is C35H50BrNO11P+. The van der Waals surface area contributed by atoms with Gasteiger partial charge in [0.1, 0.15) is 37.3 Å². The summed E-state index contributed by atoms with van der Waals surface area (Å²) in [5.74, 6) is -1.48. The van der Waals surface area contributed by atoms with E-state index < -0.39 is 29.5 Å². The van der Waals surface area contributed by atoms with Crippen LogP contribution in [0.5, 0.6) is 0 Å². The molecule has 2 unspecified atom stereocenters. The summed E-state index contributed by atoms with van der Waals surface area (Å²) in [6, 6.07) is 16.3. The maximum atomic E-state index is 12.8. The highest BCUT2D eigenvalue weighted by Gasteiger charge is 2.42. The second-order valence-electron chi connectivity index (χ2n) is 13.8. The minimum atomic E-state index is -4.28. The number of phosphoric acid groups is 1. The van der Waals surface area contributed by atoms with Crippen molar-refractivity contribution in [1.82, 2.24) is 0 Å². The Kier molecular flexibility index (Phi) is 15.0. The van der Waals surface area contributed by atoms with Crippen LogP contribution in [0.15, 0.2) is 48.5 Å². The molecule has 0 fully saturated rings. The molecule has 0 saturated carbocycles. The lowest BCUT2D eigenvalue weighted by atomic mass is 9.83. The van der Waals surface area contributed by atoms with Crippen molar-refractivity contribution in [2.24, 2.45) is 5.41 Å². The average Bonchev–Trinajstić information content (AvgIpc) is 3.33. The topological polar surface area (TPSA) is 144 Å². The number of ether oxygens (including phenoxy) is 4. The molecule has 3 rings (SSSR count). The first kappa shape index (κ1) is 40.8. The molecule has 1 N–H and O–H groups in total. The molecule has 0 amide bonds. The van der Waals surface area contributed by atoms with Crippen LogP contribution in [0, 0.1) is 5.41 Å². The summed E-state index contributed by atoms with van der Waals surface area (Å²) in [5, 5.41) is 0. The van der Waals surface area contributed by atoms with Crippen molar-refractivity contribution < 1.29 is 56.3 Å². The van der Waals surface area contributed by atoms with Crippen LogP contribution in [0.1, 0.15) is 57.1 Å². The molecule has 2 atom stereocenters. The van der Waals surface area contributed by atoms with Gasteiger partial charge in [-0.3, -0.25) is 23.4 Å². The van der Waals surface area contributed by atoms with Crippen molar-refractivity contribution in [3.05, 3.63) is 59.7 Å². The molecule has 2 aromatic rings. The van der Waals surface area contributed by atoms with Crippen LogP contribution in [-0.4, -0.2) is 106 Å². The van der Waals surface area contributed by atoms with Gasteiger partial charge in [-0.1, -0.05) is 64.5 Å². The van der Waals surface area contributed by atoms with Gasteiger partial charge in [-0.25, -0.2) is 4.57 Å². The highest BCUT2D eigenvalue weighted by Crippen LogP contribution is 2.45. The molecule has 2 aromatic carbocycles. The van der Waals surface area contributed by atoms with E-state index in [0.717, 1.165) is 11.1 Å². The summed E-state index contributed by atoms with van der Waals surface area (Å²) in [7, 11) is 1.47. The molecule has 0 bridgehead atoms. The van der Waals surface area contributed by atoms with Crippen LogP contribution in [0.25, 0.3) is 11.1 Å². The molecule has 0 radical (unpaired) electrons. The van der Waals surface area contributed by atoms with Gasteiger partial charge in [0.05, 0.1) is 39.8 Å². The number of alkyl halides is 1. The predicted octanol–water partition coefficient (Wildman–Crippen LogP) is 5.64. The Morgan fingerprint density at radius 3 is 1.96 bits per heavy atom. The first-order valence-corrected chi connectivity index (χ1v) is 18.6. The van der Waals surface area contributed by atoms with Gasteiger partial charge in [0.15, 0.2) is 0 Å². The summed E-state index contributed by atoms with van der Waals surface area (Å²) in [6.07, 6.45) is 0.718. The monoisotopic (exact) mass is 770 g/mol. The fraction of sp³-hybridized carbons (Fsp3) is 0.571. The first-order chi connectivity index (χ1) is 22.9. The molecule has 14 heteroatoms. The smallest absolute Gasteiger partial charge is 0.465 e. The van der Waals surface area contributed by atoms with E-state index in [0.29, 0.717) is 24.1 Å². The van der Waals surface area contributed by atoms with Crippen molar-refractivity contribution in [2.45, 2.75) is 50.3 Å². The Balaban J connectivity index is 1.27. The zero-order chi connectivity index (χ0) is 36.3. The van der Waals surface area contributed by atoms with Crippen LogP contribution in [-0.2, 0) is 46.9 Å². The van der Waals surface area contributed by atoms with E-state index in [9.17, 15) is 23.8 Å². The third kappa shape index (κ3) is 13.2. The van der Waals surface area contributed by atoms with Gasteiger partial charge in [0.2, 0.25) is 0 Å². The van der Waals surface area contributed by atoms with Gasteiger partial charge in [-0.05, 0) is 55.9 Å². The van der Waals surface area contributed by atoms with Crippen LogP contribution >= 0.6 is 23.8 Å². The summed E-state index contributed by atoms with van der Waals surface area (Å²) < 4.78 is 42.8. The Labute approximate surface area is 297 Å². The minimum absolute atomic E-state index is 0.00600. The van der Waals surface area contributed by atoms with Gasteiger partial charge in [0.25, 0.3) is 0 Å². The quantitative estimate of drug-likeness (QED) is 0.0421. The zero-order valence-corrected chi connectivity index (χ0v) is 31.8. The molecule has 1 aliphatic carbocycles. The van der Waals surface area contributed by atoms with E-state index in [-0.39, 0.29) is 64.4 Å². The maximum Gasteiger partial charge on any atom is 0.472 e. The SMILES string of the molecule is CC(C)(CC(C)(Br)C(=O)OCCOP(=O)(O)OCC[N+](C)(C)C)C(=O)OCCOCCCC(=O)OCC1c2ccccc2-c2ccccc21. The largest absolute Gasteiger partial charge is 0.472 e. The van der Waals surface area contributed by atoms with Gasteiger partial charge in [0, 0.05) is 18.9 Å². The second-order valence-corrected chi connectivity index (χ2v) is 17.0. The number of esters is 3. The summed E-state index contributed by atoms with van der Waals surface area (Å²) in [6.45, 7) is 5.49. The Hall–Kier alpha value is -2.64. The van der Waals surface area contributed by atoms with Crippen LogP contribution in [0.2, 0.25) is 0 Å². The van der Waals surface area contributed by atoms with E-state index in [1.54, 1.807) is 20.8 Å². The molecule has 1 aliphatic rings. The highest BCUT2D eigenvalue weighted by atomic mass is 79.9. The second kappa shape index (κ2) is 18.0. The average molecular weight is 772 g/mol. The number of carbonyl (C=O) groups excluding carboxylic acids is 3. The van der Waals surface area contributed by atoms with E-state index in [1.807, 2.05) is 45.4 Å². The van der Waals surface area contributed by atoms with Crippen molar-refractivity contribution in [1.29, 1.82) is 0 Å². The summed E-state index contributed by atoms with van der Waals surface area (Å²) >= 11 is 3.35. The van der Waals surface area contributed by atoms with Crippen molar-refractivity contribution >= 4 is 41.7 Å². The van der Waals surface area contributed by atoms with Gasteiger partial charge < -0.3 is 28.3 Å². The lowest BCUT2D eigenvalue weighted by Crippen LogP contribution is -2.40. The van der Waals surface area contributed by atoms with Crippen molar-refractivity contribution in [3.63, 3.8) is 0 Å². The highest BCUT2D eigenvalue weighted by molar-refractivity contribution is 9.10. The number of fused-ring (bicyclic) bond motifs is 3. The third-order valence-electron chi connectivity index (χ3n) is 7.84. The molecule has 0 saturated heterocycles. The number of hydrogen-bond acceptors (Lipinski definition) is 10. The third-order valence-corrected chi connectivity index (χ3v) is 9.47. The standard InChI is InChI=1S/C35H49BrNO11P/c1-34(2,25-35(3,36)33(40)45-22-23-48-49(41,42)47-19-17-37(4,5)6)32(39)44-21-20-43-18-11-16-31(38)46-24-30-28-14-9-7-12-26(28)27-13-8-10-15-29(27)30/h7-10,12-15,30H,11,16-25H2,1-6H3/p+1. The van der Waals surface area contributed by atoms with Crippen LogP contribution < -0.4 is 0 Å². The predicted molar refractivity (Wildman–Crippen MR) is 187 cm³/mol. The maximum absolute atomic E-state index is 12.8. The molecule has 0 aliphatic heterocycles.